The van der Waals surface area contributed by atoms with Crippen LogP contribution in [0.5, 0.6) is 5.75 Å². The second kappa shape index (κ2) is 11.1. The molecule has 0 saturated carbocycles. The summed E-state index contributed by atoms with van der Waals surface area (Å²) in [5.74, 6) is 1.30. The van der Waals surface area contributed by atoms with E-state index in [0.29, 0.717) is 50.7 Å². The Morgan fingerprint density at radius 2 is 1.55 bits per heavy atom. The van der Waals surface area contributed by atoms with Crippen molar-refractivity contribution in [1.29, 1.82) is 0 Å². The summed E-state index contributed by atoms with van der Waals surface area (Å²) in [4.78, 5) is 18.0. The molecule has 3 aromatic carbocycles. The molecule has 0 N–H and O–H groups in total. The molecule has 0 bridgehead atoms. The zero-order chi connectivity index (χ0) is 23.2. The number of ether oxygens (including phenoxy) is 1. The molecule has 0 aliphatic carbocycles. The van der Waals surface area contributed by atoms with E-state index in [-0.39, 0.29) is 5.56 Å². The molecule has 0 amide bonds. The molecule has 4 aromatic rings. The number of hydrogen-bond acceptors (Lipinski definition) is 3. The minimum Gasteiger partial charge on any atom is -0.492 e. The Kier molecular flexibility index (Phi) is 7.92. The van der Waals surface area contributed by atoms with Crippen LogP contribution < -0.4 is 10.3 Å². The van der Waals surface area contributed by atoms with Crippen LogP contribution >= 0.6 is 34.8 Å². The first kappa shape index (κ1) is 23.6. The molecule has 1 heterocycles. The highest BCUT2D eigenvalue weighted by Crippen LogP contribution is 2.27. The maximum Gasteiger partial charge on any atom is 0.261 e. The predicted octanol–water partition coefficient (Wildman–Crippen LogP) is 7.66. The van der Waals surface area contributed by atoms with Gasteiger partial charge in [-0.15, -0.1) is 0 Å². The standard InChI is InChI=1S/C26H23Cl3N2O2/c27-19-11-9-18(10-12-19)25-30-23-8-4-3-7-21(23)26(32)31(25)15-5-1-2-6-16-33-24-14-13-20(28)17-22(24)29/h3-4,7-14,17H,1-2,5-6,15-16H2. The Morgan fingerprint density at radius 1 is 0.818 bits per heavy atom. The van der Waals surface area contributed by atoms with Gasteiger partial charge in [-0.1, -0.05) is 59.8 Å². The van der Waals surface area contributed by atoms with Gasteiger partial charge >= 0.3 is 0 Å². The van der Waals surface area contributed by atoms with Crippen LogP contribution in [-0.4, -0.2) is 16.2 Å². The third-order valence-electron chi connectivity index (χ3n) is 5.39. The first-order valence-corrected chi connectivity index (χ1v) is 12.0. The number of benzene rings is 3. The third-order valence-corrected chi connectivity index (χ3v) is 6.17. The topological polar surface area (TPSA) is 44.1 Å². The number of rotatable bonds is 9. The van der Waals surface area contributed by atoms with Gasteiger partial charge in [-0.05, 0) is 67.4 Å². The van der Waals surface area contributed by atoms with Crippen LogP contribution in [-0.2, 0) is 6.54 Å². The second-order valence-electron chi connectivity index (χ2n) is 7.75. The number of fused-ring (bicyclic) bond motifs is 1. The zero-order valence-electron chi connectivity index (χ0n) is 17.9. The van der Waals surface area contributed by atoms with Gasteiger partial charge in [-0.25, -0.2) is 4.98 Å². The Labute approximate surface area is 207 Å². The van der Waals surface area contributed by atoms with Crippen LogP contribution in [0.15, 0.2) is 71.5 Å². The lowest BCUT2D eigenvalue weighted by molar-refractivity contribution is 0.304. The minimum atomic E-state index is -0.0220. The van der Waals surface area contributed by atoms with Gasteiger partial charge < -0.3 is 4.74 Å². The van der Waals surface area contributed by atoms with E-state index in [1.54, 1.807) is 22.8 Å². The third kappa shape index (κ3) is 5.89. The van der Waals surface area contributed by atoms with Gasteiger partial charge in [0.1, 0.15) is 11.6 Å². The SMILES string of the molecule is O=c1c2ccccc2nc(-c2ccc(Cl)cc2)n1CCCCCCOc1ccc(Cl)cc1Cl. The largest absolute Gasteiger partial charge is 0.492 e. The van der Waals surface area contributed by atoms with E-state index in [1.165, 1.54) is 0 Å². The molecule has 0 aliphatic heterocycles. The van der Waals surface area contributed by atoms with E-state index >= 15 is 0 Å². The first-order chi connectivity index (χ1) is 16.0. The van der Waals surface area contributed by atoms with Crippen LogP contribution in [0.25, 0.3) is 22.3 Å². The van der Waals surface area contributed by atoms with Gasteiger partial charge in [-0.3, -0.25) is 9.36 Å². The van der Waals surface area contributed by atoms with Crippen molar-refractivity contribution in [3.05, 3.63) is 92.2 Å². The lowest BCUT2D eigenvalue weighted by Crippen LogP contribution is -2.23. The number of nitrogens with zero attached hydrogens (tertiary/aromatic N) is 2. The molecule has 0 saturated heterocycles. The molecule has 0 aliphatic rings. The van der Waals surface area contributed by atoms with Crippen molar-refractivity contribution in [2.75, 3.05) is 6.61 Å². The summed E-state index contributed by atoms with van der Waals surface area (Å²) in [6.45, 7) is 1.17. The summed E-state index contributed by atoms with van der Waals surface area (Å²) in [5, 5.41) is 2.38. The summed E-state index contributed by atoms with van der Waals surface area (Å²) in [7, 11) is 0. The Bertz CT molecular complexity index is 1300. The molecule has 0 radical (unpaired) electrons. The average Bonchev–Trinajstić information content (AvgIpc) is 2.81. The Balaban J connectivity index is 1.39. The molecule has 33 heavy (non-hydrogen) atoms. The van der Waals surface area contributed by atoms with Crippen molar-refractivity contribution in [1.82, 2.24) is 9.55 Å². The summed E-state index contributed by atoms with van der Waals surface area (Å²) in [6.07, 6.45) is 3.71. The smallest absolute Gasteiger partial charge is 0.261 e. The highest BCUT2D eigenvalue weighted by Gasteiger charge is 2.12. The molecule has 4 nitrogen and oxygen atoms in total. The number of halogens is 3. The van der Waals surface area contributed by atoms with E-state index in [2.05, 4.69) is 0 Å². The van der Waals surface area contributed by atoms with E-state index in [1.807, 2.05) is 48.5 Å². The fraction of sp³-hybridized carbons (Fsp3) is 0.231. The van der Waals surface area contributed by atoms with Crippen molar-refractivity contribution < 1.29 is 4.74 Å². The van der Waals surface area contributed by atoms with Crippen molar-refractivity contribution in [3.8, 4) is 17.1 Å². The van der Waals surface area contributed by atoms with Gasteiger partial charge in [0.15, 0.2) is 0 Å². The molecule has 0 fully saturated rings. The summed E-state index contributed by atoms with van der Waals surface area (Å²) in [6, 6.07) is 20.1. The van der Waals surface area contributed by atoms with Crippen molar-refractivity contribution >= 4 is 45.7 Å². The van der Waals surface area contributed by atoms with Crippen molar-refractivity contribution in [2.24, 2.45) is 0 Å². The lowest BCUT2D eigenvalue weighted by atomic mass is 10.1. The number of aromatic nitrogens is 2. The first-order valence-electron chi connectivity index (χ1n) is 10.9. The van der Waals surface area contributed by atoms with Gasteiger partial charge in [0.25, 0.3) is 5.56 Å². The molecule has 0 unspecified atom stereocenters. The second-order valence-corrected chi connectivity index (χ2v) is 9.03. The van der Waals surface area contributed by atoms with E-state index in [4.69, 9.17) is 44.5 Å². The highest BCUT2D eigenvalue weighted by molar-refractivity contribution is 6.35. The highest BCUT2D eigenvalue weighted by atomic mass is 35.5. The van der Waals surface area contributed by atoms with E-state index < -0.39 is 0 Å². The maximum absolute atomic E-state index is 13.2. The van der Waals surface area contributed by atoms with Crippen LogP contribution in [0, 0.1) is 0 Å². The Morgan fingerprint density at radius 3 is 2.33 bits per heavy atom. The van der Waals surface area contributed by atoms with Crippen LogP contribution in [0.4, 0.5) is 0 Å². The number of hydrogen-bond donors (Lipinski definition) is 0. The normalized spacial score (nSPS) is 11.1. The van der Waals surface area contributed by atoms with E-state index in [0.717, 1.165) is 31.2 Å². The van der Waals surface area contributed by atoms with Gasteiger partial charge in [0.2, 0.25) is 0 Å². The summed E-state index contributed by atoms with van der Waals surface area (Å²) < 4.78 is 7.52. The molecule has 1 aromatic heterocycles. The molecule has 0 spiro atoms. The van der Waals surface area contributed by atoms with Gasteiger partial charge in [0.05, 0.1) is 22.5 Å². The molecular weight excluding hydrogens is 479 g/mol. The summed E-state index contributed by atoms with van der Waals surface area (Å²) >= 11 is 18.1. The van der Waals surface area contributed by atoms with Crippen LogP contribution in [0.3, 0.4) is 0 Å². The fourth-order valence-electron chi connectivity index (χ4n) is 3.69. The monoisotopic (exact) mass is 500 g/mol. The Hall–Kier alpha value is -2.53. The van der Waals surface area contributed by atoms with Crippen molar-refractivity contribution in [3.63, 3.8) is 0 Å². The lowest BCUT2D eigenvalue weighted by Gasteiger charge is -2.14. The molecule has 0 atom stereocenters. The molecule has 170 valence electrons. The van der Waals surface area contributed by atoms with Crippen molar-refractivity contribution in [2.45, 2.75) is 32.2 Å². The quantitative estimate of drug-likeness (QED) is 0.221. The number of para-hydroxylation sites is 1. The average molecular weight is 502 g/mol. The minimum absolute atomic E-state index is 0.0220. The number of unbranched alkanes of at least 4 members (excludes halogenated alkanes) is 3. The summed E-state index contributed by atoms with van der Waals surface area (Å²) in [5.41, 5.74) is 1.54. The predicted molar refractivity (Wildman–Crippen MR) is 137 cm³/mol. The van der Waals surface area contributed by atoms with Gasteiger partial charge in [0, 0.05) is 22.2 Å². The molecule has 7 heteroatoms. The van der Waals surface area contributed by atoms with Crippen LogP contribution in [0.2, 0.25) is 15.1 Å². The molecule has 4 rings (SSSR count). The fourth-order valence-corrected chi connectivity index (χ4v) is 4.28. The molecular formula is C26H23Cl3N2O2. The van der Waals surface area contributed by atoms with Gasteiger partial charge in [-0.2, -0.15) is 0 Å². The van der Waals surface area contributed by atoms with E-state index in [9.17, 15) is 4.79 Å². The van der Waals surface area contributed by atoms with Crippen LogP contribution in [0.1, 0.15) is 25.7 Å². The zero-order valence-corrected chi connectivity index (χ0v) is 20.2. The maximum atomic E-state index is 13.2.